The summed E-state index contributed by atoms with van der Waals surface area (Å²) < 4.78 is 8.18. The summed E-state index contributed by atoms with van der Waals surface area (Å²) in [7, 11) is 1.91. The first kappa shape index (κ1) is 20.5. The summed E-state index contributed by atoms with van der Waals surface area (Å²) in [6, 6.07) is 8.00. The van der Waals surface area contributed by atoms with Gasteiger partial charge in [-0.25, -0.2) is 9.97 Å². The highest BCUT2D eigenvalue weighted by Gasteiger charge is 2.32. The zero-order valence-corrected chi connectivity index (χ0v) is 18.7. The summed E-state index contributed by atoms with van der Waals surface area (Å²) >= 11 is 0. The quantitative estimate of drug-likeness (QED) is 0.659. The van der Waals surface area contributed by atoms with Gasteiger partial charge in [-0.15, -0.1) is 0 Å². The van der Waals surface area contributed by atoms with E-state index in [0.29, 0.717) is 25.3 Å². The van der Waals surface area contributed by atoms with Gasteiger partial charge in [0.15, 0.2) is 0 Å². The minimum Gasteiger partial charge on any atom is -0.473 e. The monoisotopic (exact) mass is 433 g/mol. The van der Waals surface area contributed by atoms with Crippen LogP contribution in [-0.4, -0.2) is 39.0 Å². The highest BCUT2D eigenvalue weighted by Crippen LogP contribution is 2.39. The lowest BCUT2D eigenvalue weighted by atomic mass is 9.77. The molecular weight excluding hydrogens is 406 g/mol. The standard InChI is InChI=1S/C24H27N5O3/c1-13(15-8-20(30)25-11-15)32-23-22-19(26-12-29(22)4)9-17(28-23)14-5-6-16-18(7-14)27-21(31)10-24(16,2)3/h5-7,9,12-13,15H,8,10-11H2,1-4H3,(H,25,30)(H,27,31)/t13-,15-/m1/s1. The average Bonchev–Trinajstić information content (AvgIpc) is 3.32. The Morgan fingerprint density at radius 2 is 2.03 bits per heavy atom. The summed E-state index contributed by atoms with van der Waals surface area (Å²) in [6.07, 6.45) is 2.48. The molecule has 1 fully saturated rings. The van der Waals surface area contributed by atoms with Crippen LogP contribution in [0.3, 0.4) is 0 Å². The number of nitrogens with one attached hydrogen (secondary N) is 2. The van der Waals surface area contributed by atoms with Crippen LogP contribution >= 0.6 is 0 Å². The number of ether oxygens (including phenoxy) is 1. The first-order valence-corrected chi connectivity index (χ1v) is 10.9. The van der Waals surface area contributed by atoms with Gasteiger partial charge in [0.25, 0.3) is 0 Å². The number of aromatic nitrogens is 3. The lowest BCUT2D eigenvalue weighted by molar-refractivity contribution is -0.119. The largest absolute Gasteiger partial charge is 0.473 e. The molecule has 2 aromatic heterocycles. The van der Waals surface area contributed by atoms with Crippen molar-refractivity contribution >= 4 is 28.5 Å². The van der Waals surface area contributed by atoms with E-state index in [1.165, 1.54) is 0 Å². The number of hydrogen-bond donors (Lipinski definition) is 2. The molecule has 1 aromatic carbocycles. The van der Waals surface area contributed by atoms with Gasteiger partial charge < -0.3 is 19.9 Å². The molecule has 8 nitrogen and oxygen atoms in total. The second-order valence-electron chi connectivity index (χ2n) is 9.50. The van der Waals surface area contributed by atoms with Gasteiger partial charge in [-0.2, -0.15) is 0 Å². The third-order valence-electron chi connectivity index (χ3n) is 6.55. The van der Waals surface area contributed by atoms with Crippen LogP contribution in [0.15, 0.2) is 30.6 Å². The first-order valence-electron chi connectivity index (χ1n) is 10.9. The number of rotatable bonds is 4. The smallest absolute Gasteiger partial charge is 0.241 e. The molecule has 0 saturated carbocycles. The fourth-order valence-electron chi connectivity index (χ4n) is 4.69. The van der Waals surface area contributed by atoms with E-state index in [2.05, 4.69) is 35.5 Å². The number of amides is 2. The Kier molecular flexibility index (Phi) is 4.69. The number of fused-ring (bicyclic) bond motifs is 2. The third-order valence-corrected chi connectivity index (χ3v) is 6.55. The van der Waals surface area contributed by atoms with Crippen molar-refractivity contribution in [2.75, 3.05) is 11.9 Å². The average molecular weight is 434 g/mol. The lowest BCUT2D eigenvalue weighted by Gasteiger charge is -2.32. The molecule has 0 radical (unpaired) electrons. The molecule has 0 aliphatic carbocycles. The molecule has 0 bridgehead atoms. The van der Waals surface area contributed by atoms with Crippen LogP contribution < -0.4 is 15.4 Å². The third kappa shape index (κ3) is 3.49. The fraction of sp³-hybridized carbons (Fsp3) is 0.417. The highest BCUT2D eigenvalue weighted by atomic mass is 16.5. The normalized spacial score (nSPS) is 20.6. The summed E-state index contributed by atoms with van der Waals surface area (Å²) in [5, 5.41) is 5.86. The number of aryl methyl sites for hydroxylation is 1. The Bertz CT molecular complexity index is 1250. The zero-order valence-electron chi connectivity index (χ0n) is 18.7. The van der Waals surface area contributed by atoms with Crippen molar-refractivity contribution < 1.29 is 14.3 Å². The maximum atomic E-state index is 12.2. The Labute approximate surface area is 186 Å². The molecule has 2 atom stereocenters. The van der Waals surface area contributed by atoms with Gasteiger partial charge in [0.05, 0.1) is 17.5 Å². The van der Waals surface area contributed by atoms with Crippen LogP contribution in [0.4, 0.5) is 5.69 Å². The molecule has 32 heavy (non-hydrogen) atoms. The van der Waals surface area contributed by atoms with Crippen LogP contribution in [0.1, 0.15) is 39.2 Å². The Morgan fingerprint density at radius 3 is 2.78 bits per heavy atom. The Morgan fingerprint density at radius 1 is 1.22 bits per heavy atom. The summed E-state index contributed by atoms with van der Waals surface area (Å²) in [6.45, 7) is 6.74. The van der Waals surface area contributed by atoms with Crippen LogP contribution in [0.2, 0.25) is 0 Å². The predicted octanol–water partition coefficient (Wildman–Crippen LogP) is 3.16. The zero-order chi connectivity index (χ0) is 22.6. The van der Waals surface area contributed by atoms with E-state index in [4.69, 9.17) is 9.72 Å². The number of nitrogens with zero attached hydrogens (tertiary/aromatic N) is 3. The van der Waals surface area contributed by atoms with Crippen molar-refractivity contribution in [3.8, 4) is 17.1 Å². The molecule has 2 aliphatic rings. The van der Waals surface area contributed by atoms with Crippen molar-refractivity contribution in [3.05, 3.63) is 36.2 Å². The summed E-state index contributed by atoms with van der Waals surface area (Å²) in [4.78, 5) is 33.2. The molecule has 8 heteroatoms. The summed E-state index contributed by atoms with van der Waals surface area (Å²) in [5.74, 6) is 0.658. The van der Waals surface area contributed by atoms with E-state index in [1.54, 1.807) is 6.33 Å². The fourth-order valence-corrected chi connectivity index (χ4v) is 4.69. The number of hydrogen-bond acceptors (Lipinski definition) is 5. The van der Waals surface area contributed by atoms with Gasteiger partial charge in [-0.05, 0) is 24.6 Å². The molecule has 1 saturated heterocycles. The molecular formula is C24H27N5O3. The molecule has 0 unspecified atom stereocenters. The number of anilines is 1. The molecule has 5 rings (SSSR count). The Balaban J connectivity index is 1.55. The number of benzene rings is 1. The van der Waals surface area contributed by atoms with Crippen molar-refractivity contribution in [3.63, 3.8) is 0 Å². The van der Waals surface area contributed by atoms with Gasteiger partial charge in [0.2, 0.25) is 17.7 Å². The van der Waals surface area contributed by atoms with Crippen LogP contribution in [0.5, 0.6) is 5.88 Å². The minimum atomic E-state index is -0.217. The second-order valence-corrected chi connectivity index (χ2v) is 9.50. The van der Waals surface area contributed by atoms with Crippen LogP contribution in [0.25, 0.3) is 22.3 Å². The van der Waals surface area contributed by atoms with Crippen molar-refractivity contribution in [1.82, 2.24) is 19.9 Å². The van der Waals surface area contributed by atoms with Gasteiger partial charge in [0, 0.05) is 49.0 Å². The van der Waals surface area contributed by atoms with Crippen molar-refractivity contribution in [2.24, 2.45) is 13.0 Å². The van der Waals surface area contributed by atoms with E-state index in [-0.39, 0.29) is 29.3 Å². The van der Waals surface area contributed by atoms with E-state index >= 15 is 0 Å². The van der Waals surface area contributed by atoms with Crippen molar-refractivity contribution in [1.29, 1.82) is 0 Å². The Hall–Kier alpha value is -3.42. The van der Waals surface area contributed by atoms with Gasteiger partial charge in [0.1, 0.15) is 11.6 Å². The summed E-state index contributed by atoms with van der Waals surface area (Å²) in [5.41, 5.74) is 4.91. The highest BCUT2D eigenvalue weighted by molar-refractivity contribution is 5.96. The molecule has 2 aliphatic heterocycles. The number of imidazole rings is 1. The molecule has 2 amide bonds. The van der Waals surface area contributed by atoms with E-state index in [1.807, 2.05) is 36.7 Å². The molecule has 4 heterocycles. The predicted molar refractivity (Wildman–Crippen MR) is 121 cm³/mol. The molecule has 2 N–H and O–H groups in total. The number of carbonyl (C=O) groups is 2. The van der Waals surface area contributed by atoms with E-state index < -0.39 is 0 Å². The molecule has 3 aromatic rings. The maximum Gasteiger partial charge on any atom is 0.241 e. The van der Waals surface area contributed by atoms with Crippen molar-refractivity contribution in [2.45, 2.75) is 45.1 Å². The second kappa shape index (κ2) is 7.32. The van der Waals surface area contributed by atoms with E-state index in [9.17, 15) is 9.59 Å². The first-order chi connectivity index (χ1) is 15.2. The van der Waals surface area contributed by atoms with Gasteiger partial charge in [-0.3, -0.25) is 9.59 Å². The van der Waals surface area contributed by atoms with Crippen LogP contribution in [-0.2, 0) is 22.1 Å². The lowest BCUT2D eigenvalue weighted by Crippen LogP contribution is -2.32. The maximum absolute atomic E-state index is 12.2. The van der Waals surface area contributed by atoms with Gasteiger partial charge in [-0.1, -0.05) is 26.0 Å². The number of carbonyl (C=O) groups excluding carboxylic acids is 2. The molecule has 166 valence electrons. The SMILES string of the molecule is C[C@@H](Oc1nc(-c2ccc3c(c2)NC(=O)CC3(C)C)cc2ncn(C)c12)[C@H]1CNC(=O)C1. The number of pyridine rings is 1. The molecule has 0 spiro atoms. The topological polar surface area (TPSA) is 98.1 Å². The van der Waals surface area contributed by atoms with E-state index in [0.717, 1.165) is 33.5 Å². The van der Waals surface area contributed by atoms with Gasteiger partial charge >= 0.3 is 0 Å². The van der Waals surface area contributed by atoms with Crippen LogP contribution in [0, 0.1) is 5.92 Å². The minimum absolute atomic E-state index is 0.0188.